The zero-order valence-corrected chi connectivity index (χ0v) is 17.3. The van der Waals surface area contributed by atoms with Gasteiger partial charge >= 0.3 is 0 Å². The third-order valence-electron chi connectivity index (χ3n) is 4.41. The zero-order valence-electron chi connectivity index (χ0n) is 15.7. The molecule has 1 amide bonds. The number of thiophene rings is 1. The van der Waals surface area contributed by atoms with Crippen molar-refractivity contribution in [3.8, 4) is 5.88 Å². The first kappa shape index (κ1) is 19.2. The number of aromatic nitrogens is 4. The van der Waals surface area contributed by atoms with Crippen molar-refractivity contribution in [1.82, 2.24) is 24.5 Å². The Kier molecular flexibility index (Phi) is 5.79. The highest BCUT2D eigenvalue weighted by molar-refractivity contribution is 7.98. The SMILES string of the molecule is CSc1nc2nc(C)cc(OCC3CN(C(=O)Cc4ccsc4)CCO3)n2n1. The first-order valence-electron chi connectivity index (χ1n) is 8.94. The van der Waals surface area contributed by atoms with E-state index in [-0.39, 0.29) is 12.0 Å². The molecule has 0 bridgehead atoms. The Balaban J connectivity index is 1.40. The highest BCUT2D eigenvalue weighted by atomic mass is 32.2. The highest BCUT2D eigenvalue weighted by Crippen LogP contribution is 2.18. The van der Waals surface area contributed by atoms with Gasteiger partial charge in [-0.2, -0.15) is 20.8 Å². The molecule has 1 aliphatic heterocycles. The van der Waals surface area contributed by atoms with Crippen molar-refractivity contribution in [2.75, 3.05) is 32.6 Å². The van der Waals surface area contributed by atoms with Crippen LogP contribution in [0, 0.1) is 6.92 Å². The van der Waals surface area contributed by atoms with Crippen LogP contribution in [0.5, 0.6) is 5.88 Å². The molecule has 0 aromatic carbocycles. The Hall–Kier alpha value is -2.17. The number of nitrogens with zero attached hydrogens (tertiary/aromatic N) is 5. The van der Waals surface area contributed by atoms with E-state index in [0.717, 1.165) is 11.3 Å². The van der Waals surface area contributed by atoms with E-state index in [1.165, 1.54) is 11.8 Å². The second kappa shape index (κ2) is 8.46. The normalized spacial score (nSPS) is 17.2. The number of rotatable bonds is 6. The van der Waals surface area contributed by atoms with Crippen molar-refractivity contribution in [3.63, 3.8) is 0 Å². The van der Waals surface area contributed by atoms with Crippen LogP contribution in [0.4, 0.5) is 0 Å². The van der Waals surface area contributed by atoms with E-state index in [4.69, 9.17) is 9.47 Å². The third kappa shape index (κ3) is 4.29. The molecule has 0 N–H and O–H groups in total. The Morgan fingerprint density at radius 2 is 2.36 bits per heavy atom. The molecule has 0 aliphatic carbocycles. The molecule has 10 heteroatoms. The van der Waals surface area contributed by atoms with Crippen molar-refractivity contribution in [1.29, 1.82) is 0 Å². The topological polar surface area (TPSA) is 81.9 Å². The van der Waals surface area contributed by atoms with Gasteiger partial charge in [0.05, 0.1) is 19.6 Å². The monoisotopic (exact) mass is 419 g/mol. The van der Waals surface area contributed by atoms with Gasteiger partial charge < -0.3 is 14.4 Å². The van der Waals surface area contributed by atoms with Gasteiger partial charge in [0.25, 0.3) is 5.78 Å². The highest BCUT2D eigenvalue weighted by Gasteiger charge is 2.25. The summed E-state index contributed by atoms with van der Waals surface area (Å²) in [5.74, 6) is 1.20. The fourth-order valence-electron chi connectivity index (χ4n) is 3.03. The number of morpholine rings is 1. The first-order chi connectivity index (χ1) is 13.6. The molecule has 8 nitrogen and oxygen atoms in total. The predicted octanol–water partition coefficient (Wildman–Crippen LogP) is 2.07. The van der Waals surface area contributed by atoms with Crippen molar-refractivity contribution in [2.24, 2.45) is 0 Å². The third-order valence-corrected chi connectivity index (χ3v) is 5.68. The van der Waals surface area contributed by atoms with Crippen LogP contribution in [-0.4, -0.2) is 69.1 Å². The molecule has 1 unspecified atom stereocenters. The fraction of sp³-hybridized carbons (Fsp3) is 0.444. The number of amides is 1. The molecular weight excluding hydrogens is 398 g/mol. The van der Waals surface area contributed by atoms with E-state index < -0.39 is 0 Å². The Labute approximate surface area is 170 Å². The molecule has 1 fully saturated rings. The van der Waals surface area contributed by atoms with E-state index in [2.05, 4.69) is 15.1 Å². The van der Waals surface area contributed by atoms with Gasteiger partial charge in [0.1, 0.15) is 12.7 Å². The summed E-state index contributed by atoms with van der Waals surface area (Å²) in [4.78, 5) is 23.1. The van der Waals surface area contributed by atoms with Crippen molar-refractivity contribution in [3.05, 3.63) is 34.2 Å². The van der Waals surface area contributed by atoms with Gasteiger partial charge in [0, 0.05) is 18.3 Å². The standard InChI is InChI=1S/C18H21N5O3S2/c1-12-7-16(23-17(19-12)20-18(21-23)27-2)26-10-14-9-22(4-5-25-14)15(24)8-13-3-6-28-11-13/h3,6-7,11,14H,4-5,8-10H2,1-2H3. The molecule has 1 aliphatic rings. The lowest BCUT2D eigenvalue weighted by Gasteiger charge is -2.32. The van der Waals surface area contributed by atoms with Gasteiger partial charge in [0.15, 0.2) is 0 Å². The molecule has 3 aromatic rings. The van der Waals surface area contributed by atoms with Crippen molar-refractivity contribution < 1.29 is 14.3 Å². The summed E-state index contributed by atoms with van der Waals surface area (Å²) in [6.07, 6.45) is 2.16. The van der Waals surface area contributed by atoms with Gasteiger partial charge in [-0.15, -0.1) is 5.10 Å². The Morgan fingerprint density at radius 3 is 3.14 bits per heavy atom. The molecule has 0 saturated carbocycles. The quantitative estimate of drug-likeness (QED) is 0.566. The van der Waals surface area contributed by atoms with Crippen LogP contribution in [0.3, 0.4) is 0 Å². The molecule has 0 radical (unpaired) electrons. The lowest BCUT2D eigenvalue weighted by atomic mass is 10.2. The van der Waals surface area contributed by atoms with Gasteiger partial charge in [-0.1, -0.05) is 11.8 Å². The summed E-state index contributed by atoms with van der Waals surface area (Å²) in [6, 6.07) is 3.82. The number of fused-ring (bicyclic) bond motifs is 1. The molecule has 4 rings (SSSR count). The maximum Gasteiger partial charge on any atom is 0.256 e. The van der Waals surface area contributed by atoms with Gasteiger partial charge in [-0.05, 0) is 35.6 Å². The maximum absolute atomic E-state index is 12.5. The van der Waals surface area contributed by atoms with Gasteiger partial charge in [0.2, 0.25) is 16.9 Å². The van der Waals surface area contributed by atoms with Crippen LogP contribution in [0.1, 0.15) is 11.3 Å². The summed E-state index contributed by atoms with van der Waals surface area (Å²) in [5.41, 5.74) is 1.86. The molecule has 148 valence electrons. The largest absolute Gasteiger partial charge is 0.475 e. The summed E-state index contributed by atoms with van der Waals surface area (Å²) in [5, 5.41) is 9.04. The molecule has 1 atom stereocenters. The summed E-state index contributed by atoms with van der Waals surface area (Å²) < 4.78 is 13.4. The minimum Gasteiger partial charge on any atom is -0.475 e. The summed E-state index contributed by atoms with van der Waals surface area (Å²) in [6.45, 7) is 3.85. The van der Waals surface area contributed by atoms with Crippen LogP contribution < -0.4 is 4.74 Å². The van der Waals surface area contributed by atoms with Crippen molar-refractivity contribution in [2.45, 2.75) is 24.6 Å². The maximum atomic E-state index is 12.5. The second-order valence-electron chi connectivity index (χ2n) is 6.50. The number of aryl methyl sites for hydroxylation is 1. The molecule has 4 heterocycles. The molecule has 3 aromatic heterocycles. The number of ether oxygens (including phenoxy) is 2. The average Bonchev–Trinajstić information content (AvgIpc) is 3.35. The van der Waals surface area contributed by atoms with E-state index >= 15 is 0 Å². The summed E-state index contributed by atoms with van der Waals surface area (Å²) >= 11 is 3.06. The smallest absolute Gasteiger partial charge is 0.256 e. The number of hydrogen-bond donors (Lipinski definition) is 0. The number of carbonyl (C=O) groups is 1. The minimum atomic E-state index is -0.188. The van der Waals surface area contributed by atoms with Crippen LogP contribution in [0.25, 0.3) is 5.78 Å². The number of carbonyl (C=O) groups excluding carboxylic acids is 1. The van der Waals surface area contributed by atoms with E-state index in [1.54, 1.807) is 15.9 Å². The molecule has 28 heavy (non-hydrogen) atoms. The average molecular weight is 420 g/mol. The van der Waals surface area contributed by atoms with E-state index in [0.29, 0.717) is 49.5 Å². The molecular formula is C18H21N5O3S2. The number of hydrogen-bond acceptors (Lipinski definition) is 8. The first-order valence-corrected chi connectivity index (χ1v) is 11.1. The van der Waals surface area contributed by atoms with Gasteiger partial charge in [-0.3, -0.25) is 4.79 Å². The predicted molar refractivity (Wildman–Crippen MR) is 107 cm³/mol. The molecule has 1 saturated heterocycles. The lowest BCUT2D eigenvalue weighted by molar-refractivity contribution is -0.139. The van der Waals surface area contributed by atoms with Crippen LogP contribution in [0.2, 0.25) is 0 Å². The van der Waals surface area contributed by atoms with Crippen LogP contribution in [-0.2, 0) is 16.0 Å². The minimum absolute atomic E-state index is 0.120. The lowest BCUT2D eigenvalue weighted by Crippen LogP contribution is -2.48. The Morgan fingerprint density at radius 1 is 1.46 bits per heavy atom. The fourth-order valence-corrected chi connectivity index (χ4v) is 4.03. The van der Waals surface area contributed by atoms with E-state index in [9.17, 15) is 4.79 Å². The van der Waals surface area contributed by atoms with Crippen LogP contribution >= 0.6 is 23.1 Å². The zero-order chi connectivity index (χ0) is 19.5. The summed E-state index contributed by atoms with van der Waals surface area (Å²) in [7, 11) is 0. The van der Waals surface area contributed by atoms with Crippen LogP contribution in [0.15, 0.2) is 28.0 Å². The van der Waals surface area contributed by atoms with Gasteiger partial charge in [-0.25, -0.2) is 4.98 Å². The second-order valence-corrected chi connectivity index (χ2v) is 8.05. The van der Waals surface area contributed by atoms with E-state index in [1.807, 2.05) is 41.0 Å². The molecule has 0 spiro atoms. The Bertz CT molecular complexity index is 960. The van der Waals surface area contributed by atoms with Crippen molar-refractivity contribution >= 4 is 34.8 Å². The number of thioether (sulfide) groups is 1.